The molecule has 0 aliphatic carbocycles. The smallest absolute Gasteiger partial charge is 0.224 e. The summed E-state index contributed by atoms with van der Waals surface area (Å²) in [6, 6.07) is 8.47. The van der Waals surface area contributed by atoms with Crippen LogP contribution in [-0.4, -0.2) is 23.9 Å². The van der Waals surface area contributed by atoms with E-state index < -0.39 is 0 Å². The molecular weight excluding hydrogens is 248 g/mol. The quantitative estimate of drug-likeness (QED) is 0.830. The molecule has 0 spiro atoms. The van der Waals surface area contributed by atoms with Crippen LogP contribution in [0.4, 0.5) is 0 Å². The highest BCUT2D eigenvalue weighted by atomic mass is 16.2. The predicted molar refractivity (Wildman–Crippen MR) is 84.5 cm³/mol. The Balaban J connectivity index is 2.52. The summed E-state index contributed by atoms with van der Waals surface area (Å²) in [6.07, 6.45) is 2.37. The zero-order valence-electron chi connectivity index (χ0n) is 13.2. The van der Waals surface area contributed by atoms with E-state index >= 15 is 0 Å². The van der Waals surface area contributed by atoms with E-state index in [1.807, 2.05) is 7.05 Å². The van der Waals surface area contributed by atoms with Crippen molar-refractivity contribution in [3.8, 4) is 0 Å². The van der Waals surface area contributed by atoms with E-state index in [1.54, 1.807) is 4.90 Å². The Labute approximate surface area is 123 Å². The average molecular weight is 276 g/mol. The summed E-state index contributed by atoms with van der Waals surface area (Å²) in [7, 11) is 1.84. The van der Waals surface area contributed by atoms with Gasteiger partial charge in [-0.3, -0.25) is 4.79 Å². The topological polar surface area (TPSA) is 46.3 Å². The van der Waals surface area contributed by atoms with Crippen molar-refractivity contribution in [2.45, 2.75) is 58.5 Å². The molecule has 1 atom stereocenters. The third kappa shape index (κ3) is 5.33. The van der Waals surface area contributed by atoms with Crippen molar-refractivity contribution < 1.29 is 4.79 Å². The van der Waals surface area contributed by atoms with Gasteiger partial charge in [-0.05, 0) is 23.5 Å². The number of benzene rings is 1. The van der Waals surface area contributed by atoms with Crippen molar-refractivity contribution in [3.63, 3.8) is 0 Å². The van der Waals surface area contributed by atoms with Gasteiger partial charge in [-0.15, -0.1) is 0 Å². The minimum Gasteiger partial charge on any atom is -0.341 e. The predicted octanol–water partition coefficient (Wildman–Crippen LogP) is 3.29. The lowest BCUT2D eigenvalue weighted by Gasteiger charge is -2.20. The number of rotatable bonds is 7. The monoisotopic (exact) mass is 276 g/mol. The van der Waals surface area contributed by atoms with E-state index in [4.69, 9.17) is 5.73 Å². The summed E-state index contributed by atoms with van der Waals surface area (Å²) in [4.78, 5) is 13.8. The molecular formula is C17H28N2O. The number of nitrogens with zero attached hydrogens (tertiary/aromatic N) is 1. The van der Waals surface area contributed by atoms with Gasteiger partial charge in [-0.25, -0.2) is 0 Å². The maximum Gasteiger partial charge on any atom is 0.224 e. The van der Waals surface area contributed by atoms with Crippen molar-refractivity contribution >= 4 is 5.91 Å². The number of carbonyl (C=O) groups excluding carboxylic acids is 1. The van der Waals surface area contributed by atoms with E-state index in [9.17, 15) is 4.79 Å². The molecule has 112 valence electrons. The Hall–Kier alpha value is -1.35. The molecule has 20 heavy (non-hydrogen) atoms. The molecule has 3 heteroatoms. The Morgan fingerprint density at radius 1 is 1.25 bits per heavy atom. The van der Waals surface area contributed by atoms with Crippen LogP contribution in [0.1, 0.15) is 57.1 Å². The van der Waals surface area contributed by atoms with Gasteiger partial charge in [0.05, 0.1) is 0 Å². The third-order valence-corrected chi connectivity index (χ3v) is 3.59. The van der Waals surface area contributed by atoms with E-state index in [0.717, 1.165) is 18.4 Å². The molecule has 2 N–H and O–H groups in total. The first-order valence-corrected chi connectivity index (χ1v) is 7.52. The molecule has 0 aliphatic rings. The zero-order chi connectivity index (χ0) is 15.1. The highest BCUT2D eigenvalue weighted by Gasteiger charge is 2.13. The highest BCUT2D eigenvalue weighted by molar-refractivity contribution is 5.76. The Morgan fingerprint density at radius 2 is 1.85 bits per heavy atom. The van der Waals surface area contributed by atoms with Gasteiger partial charge in [-0.1, -0.05) is 51.5 Å². The van der Waals surface area contributed by atoms with Gasteiger partial charge >= 0.3 is 0 Å². The molecule has 1 amide bonds. The van der Waals surface area contributed by atoms with Crippen molar-refractivity contribution in [1.29, 1.82) is 0 Å². The fourth-order valence-electron chi connectivity index (χ4n) is 2.22. The third-order valence-electron chi connectivity index (χ3n) is 3.59. The van der Waals surface area contributed by atoms with Crippen molar-refractivity contribution in [1.82, 2.24) is 4.90 Å². The molecule has 0 saturated heterocycles. The fourth-order valence-corrected chi connectivity index (χ4v) is 2.22. The second-order valence-corrected chi connectivity index (χ2v) is 5.90. The first-order valence-electron chi connectivity index (χ1n) is 7.52. The standard InChI is InChI=1S/C17H28N2O/c1-5-6-16(18)11-17(20)19(4)12-14-7-9-15(10-8-14)13(2)3/h7-10,13,16H,5-6,11-12,18H2,1-4H3. The molecule has 0 bridgehead atoms. The van der Waals surface area contributed by atoms with Gasteiger partial charge in [0.2, 0.25) is 5.91 Å². The number of carbonyl (C=O) groups is 1. The van der Waals surface area contributed by atoms with Crippen LogP contribution >= 0.6 is 0 Å². The minimum absolute atomic E-state index is 0.0155. The van der Waals surface area contributed by atoms with Gasteiger partial charge < -0.3 is 10.6 Å². The van der Waals surface area contributed by atoms with Gasteiger partial charge in [-0.2, -0.15) is 0 Å². The number of hydrogen-bond acceptors (Lipinski definition) is 2. The average Bonchev–Trinajstić information content (AvgIpc) is 2.39. The molecule has 0 fully saturated rings. The van der Waals surface area contributed by atoms with Crippen molar-refractivity contribution in [3.05, 3.63) is 35.4 Å². The molecule has 0 saturated carbocycles. The van der Waals surface area contributed by atoms with Crippen LogP contribution < -0.4 is 5.73 Å². The first kappa shape index (κ1) is 16.7. The van der Waals surface area contributed by atoms with Crippen LogP contribution in [0.25, 0.3) is 0 Å². The van der Waals surface area contributed by atoms with Crippen LogP contribution in [0.2, 0.25) is 0 Å². The summed E-state index contributed by atoms with van der Waals surface area (Å²) < 4.78 is 0. The second-order valence-electron chi connectivity index (χ2n) is 5.90. The van der Waals surface area contributed by atoms with E-state index in [-0.39, 0.29) is 11.9 Å². The SMILES string of the molecule is CCCC(N)CC(=O)N(C)Cc1ccc(C(C)C)cc1. The lowest BCUT2D eigenvalue weighted by Crippen LogP contribution is -2.32. The van der Waals surface area contributed by atoms with Crippen LogP contribution in [-0.2, 0) is 11.3 Å². The Morgan fingerprint density at radius 3 is 2.35 bits per heavy atom. The highest BCUT2D eigenvalue weighted by Crippen LogP contribution is 2.15. The van der Waals surface area contributed by atoms with Crippen LogP contribution in [0.3, 0.4) is 0 Å². The summed E-state index contributed by atoms with van der Waals surface area (Å²) in [6.45, 7) is 7.10. The molecule has 0 radical (unpaired) electrons. The Bertz CT molecular complexity index is 412. The fraction of sp³-hybridized carbons (Fsp3) is 0.588. The summed E-state index contributed by atoms with van der Waals surface area (Å²) in [5.74, 6) is 0.661. The van der Waals surface area contributed by atoms with E-state index in [2.05, 4.69) is 45.0 Å². The van der Waals surface area contributed by atoms with Crippen LogP contribution in [0, 0.1) is 0 Å². The van der Waals surface area contributed by atoms with Gasteiger partial charge in [0.25, 0.3) is 0 Å². The molecule has 1 aromatic rings. The normalized spacial score (nSPS) is 12.5. The molecule has 0 aliphatic heterocycles. The maximum absolute atomic E-state index is 12.1. The summed E-state index contributed by atoms with van der Waals surface area (Å²) in [5.41, 5.74) is 8.41. The zero-order valence-corrected chi connectivity index (χ0v) is 13.2. The van der Waals surface area contributed by atoms with E-state index in [1.165, 1.54) is 5.56 Å². The molecule has 1 unspecified atom stereocenters. The van der Waals surface area contributed by atoms with Crippen LogP contribution in [0.15, 0.2) is 24.3 Å². The molecule has 1 rings (SSSR count). The number of amides is 1. The van der Waals surface area contributed by atoms with Gasteiger partial charge in [0.15, 0.2) is 0 Å². The summed E-state index contributed by atoms with van der Waals surface area (Å²) in [5, 5.41) is 0. The molecule has 3 nitrogen and oxygen atoms in total. The Kier molecular flexibility index (Phi) is 6.73. The minimum atomic E-state index is -0.0155. The van der Waals surface area contributed by atoms with Gasteiger partial charge in [0.1, 0.15) is 0 Å². The molecule has 1 aromatic carbocycles. The molecule has 0 aromatic heterocycles. The molecule has 0 heterocycles. The van der Waals surface area contributed by atoms with E-state index in [0.29, 0.717) is 18.9 Å². The van der Waals surface area contributed by atoms with Crippen molar-refractivity contribution in [2.75, 3.05) is 7.05 Å². The summed E-state index contributed by atoms with van der Waals surface area (Å²) >= 11 is 0. The van der Waals surface area contributed by atoms with Gasteiger partial charge in [0, 0.05) is 26.1 Å². The number of nitrogens with two attached hydrogens (primary N) is 1. The lowest BCUT2D eigenvalue weighted by molar-refractivity contribution is -0.130. The van der Waals surface area contributed by atoms with Crippen LogP contribution in [0.5, 0.6) is 0 Å². The number of hydrogen-bond donors (Lipinski definition) is 1. The lowest BCUT2D eigenvalue weighted by atomic mass is 10.0. The first-order chi connectivity index (χ1) is 9.43. The maximum atomic E-state index is 12.1. The largest absolute Gasteiger partial charge is 0.341 e. The second kappa shape index (κ2) is 8.05. The van der Waals surface area contributed by atoms with Crippen molar-refractivity contribution in [2.24, 2.45) is 5.73 Å².